The standard InChI is InChI=1S/C20H14BrF5N8O2/c1-8-31-32-17(36-8)18(2)10-12(21)28-14(29-13(10)30-16(18)35)11-9-4-3-6-27-15(9)34(33-11)7-5-19(22,23)20(24,25)26/h3-4,6H,5,7H2,1-2H3,(H,28,29,30,35). The van der Waals surface area contributed by atoms with E-state index in [4.69, 9.17) is 4.42 Å². The van der Waals surface area contributed by atoms with Gasteiger partial charge in [-0.3, -0.25) is 4.79 Å². The predicted octanol–water partition coefficient (Wildman–Crippen LogP) is 4.19. The maximum absolute atomic E-state index is 13.5. The van der Waals surface area contributed by atoms with E-state index in [1.807, 2.05) is 0 Å². The summed E-state index contributed by atoms with van der Waals surface area (Å²) in [6.45, 7) is 2.36. The fourth-order valence-corrected chi connectivity index (χ4v) is 4.59. The van der Waals surface area contributed by atoms with Crippen LogP contribution in [0.15, 0.2) is 27.3 Å². The van der Waals surface area contributed by atoms with Crippen LogP contribution in [-0.4, -0.2) is 52.9 Å². The van der Waals surface area contributed by atoms with Crippen molar-refractivity contribution in [1.82, 2.24) is 34.9 Å². The highest BCUT2D eigenvalue weighted by atomic mass is 79.9. The lowest BCUT2D eigenvalue weighted by Gasteiger charge is -2.19. The Balaban J connectivity index is 1.58. The molecule has 4 aromatic heterocycles. The number of pyridine rings is 1. The summed E-state index contributed by atoms with van der Waals surface area (Å²) in [5, 5.41) is 14.9. The topological polar surface area (TPSA) is 125 Å². The first-order valence-electron chi connectivity index (χ1n) is 10.3. The minimum atomic E-state index is -5.69. The second-order valence-electron chi connectivity index (χ2n) is 8.17. The molecule has 1 N–H and O–H groups in total. The van der Waals surface area contributed by atoms with Crippen LogP contribution >= 0.6 is 15.9 Å². The van der Waals surface area contributed by atoms with E-state index in [1.165, 1.54) is 6.20 Å². The molecule has 0 bridgehead atoms. The van der Waals surface area contributed by atoms with Gasteiger partial charge in [0.1, 0.15) is 16.1 Å². The Morgan fingerprint density at radius 3 is 2.61 bits per heavy atom. The lowest BCUT2D eigenvalue weighted by molar-refractivity contribution is -0.285. The summed E-state index contributed by atoms with van der Waals surface area (Å²) in [4.78, 5) is 25.8. The molecule has 1 aliphatic rings. The van der Waals surface area contributed by atoms with Crippen LogP contribution in [0.4, 0.5) is 27.8 Å². The van der Waals surface area contributed by atoms with Crippen LogP contribution in [0.5, 0.6) is 0 Å². The first-order valence-corrected chi connectivity index (χ1v) is 11.1. The Morgan fingerprint density at radius 2 is 1.94 bits per heavy atom. The normalized spacial score (nSPS) is 18.1. The summed E-state index contributed by atoms with van der Waals surface area (Å²) in [6.07, 6.45) is -5.87. The Hall–Kier alpha value is -3.56. The Bertz CT molecular complexity index is 1520. The summed E-state index contributed by atoms with van der Waals surface area (Å²) in [6, 6.07) is 3.10. The highest BCUT2D eigenvalue weighted by Crippen LogP contribution is 2.45. The van der Waals surface area contributed by atoms with Crippen LogP contribution in [0.1, 0.15) is 30.7 Å². The number of carbonyl (C=O) groups is 1. The lowest BCUT2D eigenvalue weighted by Crippen LogP contribution is -2.37. The fourth-order valence-electron chi connectivity index (χ4n) is 3.84. The van der Waals surface area contributed by atoms with Crippen molar-refractivity contribution >= 4 is 38.7 Å². The molecular weight excluding hydrogens is 559 g/mol. The maximum atomic E-state index is 13.5. The number of hydrogen-bond acceptors (Lipinski definition) is 8. The highest BCUT2D eigenvalue weighted by molar-refractivity contribution is 9.10. The first kappa shape index (κ1) is 24.1. The van der Waals surface area contributed by atoms with Gasteiger partial charge in [-0.25, -0.2) is 19.6 Å². The lowest BCUT2D eigenvalue weighted by atomic mass is 9.85. The number of halogens is 6. The SMILES string of the molecule is Cc1nnc(C2(C)C(=O)Nc3nc(-c4nn(CCC(F)(F)C(F)(F)F)c5ncccc45)nc(Br)c32)o1. The summed E-state index contributed by atoms with van der Waals surface area (Å²) in [5.41, 5.74) is -0.930. The van der Waals surface area contributed by atoms with Crippen molar-refractivity contribution in [2.45, 2.75) is 44.3 Å². The molecule has 16 heteroatoms. The third-order valence-corrected chi connectivity index (χ3v) is 6.35. The van der Waals surface area contributed by atoms with Gasteiger partial charge in [0.05, 0.1) is 10.9 Å². The van der Waals surface area contributed by atoms with E-state index in [0.29, 0.717) is 10.9 Å². The summed E-state index contributed by atoms with van der Waals surface area (Å²) in [7, 11) is 0. The van der Waals surface area contributed by atoms with E-state index in [-0.39, 0.29) is 39.4 Å². The number of hydrogen-bond donors (Lipinski definition) is 1. The third-order valence-electron chi connectivity index (χ3n) is 5.78. The van der Waals surface area contributed by atoms with Gasteiger partial charge in [-0.2, -0.15) is 27.1 Å². The van der Waals surface area contributed by atoms with Gasteiger partial charge in [-0.15, -0.1) is 10.2 Å². The Morgan fingerprint density at radius 1 is 1.19 bits per heavy atom. The summed E-state index contributed by atoms with van der Waals surface area (Å²) in [5.74, 6) is -5.04. The number of nitrogens with one attached hydrogen (secondary N) is 1. The average Bonchev–Trinajstić information content (AvgIpc) is 3.47. The number of aryl methyl sites for hydroxylation is 2. The summed E-state index contributed by atoms with van der Waals surface area (Å²) >= 11 is 3.34. The Labute approximate surface area is 206 Å². The van der Waals surface area contributed by atoms with Crippen molar-refractivity contribution < 1.29 is 31.2 Å². The monoisotopic (exact) mass is 572 g/mol. The zero-order chi connectivity index (χ0) is 26.0. The average molecular weight is 573 g/mol. The number of alkyl halides is 5. The van der Waals surface area contributed by atoms with Crippen LogP contribution < -0.4 is 5.32 Å². The van der Waals surface area contributed by atoms with Crippen molar-refractivity contribution in [1.29, 1.82) is 0 Å². The molecule has 4 aromatic rings. The quantitative estimate of drug-likeness (QED) is 0.279. The molecule has 36 heavy (non-hydrogen) atoms. The van der Waals surface area contributed by atoms with Gasteiger partial charge in [0.2, 0.25) is 17.7 Å². The van der Waals surface area contributed by atoms with Gasteiger partial charge in [0.15, 0.2) is 16.9 Å². The molecule has 0 radical (unpaired) electrons. The van der Waals surface area contributed by atoms with Crippen molar-refractivity contribution in [2.75, 3.05) is 5.32 Å². The molecule has 1 aliphatic heterocycles. The molecule has 0 saturated carbocycles. The second-order valence-corrected chi connectivity index (χ2v) is 8.92. The van der Waals surface area contributed by atoms with Crippen molar-refractivity contribution in [3.8, 4) is 11.5 Å². The van der Waals surface area contributed by atoms with Crippen LogP contribution in [0.2, 0.25) is 0 Å². The minimum absolute atomic E-state index is 0.0220. The Kier molecular flexibility index (Phi) is 5.35. The molecule has 0 saturated heterocycles. The van der Waals surface area contributed by atoms with Gasteiger partial charge in [-0.1, -0.05) is 0 Å². The van der Waals surface area contributed by atoms with Gasteiger partial charge in [-0.05, 0) is 35.0 Å². The molecule has 0 fully saturated rings. The second kappa shape index (κ2) is 7.97. The smallest absolute Gasteiger partial charge is 0.424 e. The number of fused-ring (bicyclic) bond motifs is 2. The highest BCUT2D eigenvalue weighted by Gasteiger charge is 2.57. The fraction of sp³-hybridized carbons (Fsp3) is 0.350. The van der Waals surface area contributed by atoms with E-state index in [2.05, 4.69) is 51.5 Å². The van der Waals surface area contributed by atoms with Crippen molar-refractivity contribution in [3.63, 3.8) is 0 Å². The van der Waals surface area contributed by atoms with Crippen molar-refractivity contribution in [2.24, 2.45) is 0 Å². The first-order chi connectivity index (χ1) is 16.8. The zero-order valence-electron chi connectivity index (χ0n) is 18.4. The molecular formula is C20H14BrF5N8O2. The number of nitrogens with zero attached hydrogens (tertiary/aromatic N) is 7. The molecule has 0 aromatic carbocycles. The van der Waals surface area contributed by atoms with E-state index >= 15 is 0 Å². The van der Waals surface area contributed by atoms with Gasteiger partial charge >= 0.3 is 12.1 Å². The van der Waals surface area contributed by atoms with E-state index in [1.54, 1.807) is 26.0 Å². The van der Waals surface area contributed by atoms with Crippen molar-refractivity contribution in [3.05, 3.63) is 40.3 Å². The maximum Gasteiger partial charge on any atom is 0.453 e. The number of carbonyl (C=O) groups excluding carboxylic acids is 1. The zero-order valence-corrected chi connectivity index (χ0v) is 19.9. The number of amides is 1. The minimum Gasteiger partial charge on any atom is -0.424 e. The van der Waals surface area contributed by atoms with E-state index in [0.717, 1.165) is 4.68 Å². The molecule has 1 amide bonds. The largest absolute Gasteiger partial charge is 0.453 e. The number of anilines is 1. The van der Waals surface area contributed by atoms with Gasteiger partial charge in [0.25, 0.3) is 0 Å². The van der Waals surface area contributed by atoms with Gasteiger partial charge in [0, 0.05) is 26.1 Å². The molecule has 5 heterocycles. The molecule has 188 valence electrons. The van der Waals surface area contributed by atoms with Crippen LogP contribution in [-0.2, 0) is 16.8 Å². The molecule has 1 unspecified atom stereocenters. The molecule has 1 atom stereocenters. The van der Waals surface area contributed by atoms with Crippen LogP contribution in [0, 0.1) is 6.92 Å². The number of rotatable bonds is 5. The molecule has 0 aliphatic carbocycles. The van der Waals surface area contributed by atoms with Crippen LogP contribution in [0.3, 0.4) is 0 Å². The predicted molar refractivity (Wildman–Crippen MR) is 116 cm³/mol. The third kappa shape index (κ3) is 3.61. The van der Waals surface area contributed by atoms with Gasteiger partial charge < -0.3 is 9.73 Å². The molecule has 10 nitrogen and oxygen atoms in total. The van der Waals surface area contributed by atoms with E-state index < -0.39 is 36.4 Å². The molecule has 0 spiro atoms. The number of aromatic nitrogens is 7. The summed E-state index contributed by atoms with van der Waals surface area (Å²) < 4.78 is 71.6. The van der Waals surface area contributed by atoms with Crippen LogP contribution in [0.25, 0.3) is 22.6 Å². The van der Waals surface area contributed by atoms with E-state index in [9.17, 15) is 26.7 Å². The molecule has 5 rings (SSSR count).